The zero-order valence-electron chi connectivity index (χ0n) is 23.9. The van der Waals surface area contributed by atoms with Gasteiger partial charge in [-0.05, 0) is 61.9 Å². The molecule has 4 aromatic rings. The van der Waals surface area contributed by atoms with Crippen molar-refractivity contribution in [3.8, 4) is 17.2 Å². The van der Waals surface area contributed by atoms with Crippen LogP contribution < -0.4 is 29.1 Å². The lowest BCUT2D eigenvalue weighted by molar-refractivity contribution is -0.139. The third-order valence-electron chi connectivity index (χ3n) is 6.84. The number of methoxy groups -OCH3 is 2. The Morgan fingerprint density at radius 2 is 1.77 bits per heavy atom. The number of carbonyl (C=O) groups is 1. The number of fused-ring (bicyclic) bond motifs is 1. The highest BCUT2D eigenvalue weighted by Gasteiger charge is 2.34. The van der Waals surface area contributed by atoms with Crippen LogP contribution in [0.3, 0.4) is 0 Å². The van der Waals surface area contributed by atoms with E-state index in [1.54, 1.807) is 62.4 Å². The fraction of sp³-hybridized carbons (Fsp3) is 0.219. The molecule has 1 aliphatic rings. The number of thiazole rings is 1. The lowest BCUT2D eigenvalue weighted by Gasteiger charge is -2.25. The van der Waals surface area contributed by atoms with Crippen LogP contribution >= 0.6 is 34.5 Å². The van der Waals surface area contributed by atoms with E-state index in [1.807, 2.05) is 18.2 Å². The topological polar surface area (TPSA) is 88.4 Å². The average Bonchev–Trinajstić information content (AvgIpc) is 3.30. The van der Waals surface area contributed by atoms with Gasteiger partial charge in [0.1, 0.15) is 12.4 Å². The van der Waals surface area contributed by atoms with Crippen molar-refractivity contribution in [3.63, 3.8) is 0 Å². The van der Waals surface area contributed by atoms with Gasteiger partial charge < -0.3 is 18.9 Å². The minimum absolute atomic E-state index is 0.171. The van der Waals surface area contributed by atoms with Gasteiger partial charge in [-0.15, -0.1) is 0 Å². The molecule has 0 bridgehead atoms. The number of aromatic nitrogens is 1. The Balaban J connectivity index is 1.65. The van der Waals surface area contributed by atoms with Gasteiger partial charge in [-0.2, -0.15) is 0 Å². The molecule has 222 valence electrons. The largest absolute Gasteiger partial charge is 0.493 e. The van der Waals surface area contributed by atoms with Crippen LogP contribution in [0.2, 0.25) is 10.0 Å². The van der Waals surface area contributed by atoms with Crippen molar-refractivity contribution in [1.82, 2.24) is 4.57 Å². The van der Waals surface area contributed by atoms with Crippen molar-refractivity contribution in [1.29, 1.82) is 0 Å². The number of ether oxygens (including phenoxy) is 4. The van der Waals surface area contributed by atoms with E-state index in [-0.39, 0.29) is 24.3 Å². The maximum absolute atomic E-state index is 14.1. The van der Waals surface area contributed by atoms with Crippen molar-refractivity contribution < 1.29 is 23.7 Å². The van der Waals surface area contributed by atoms with E-state index in [0.717, 1.165) is 5.56 Å². The van der Waals surface area contributed by atoms with Gasteiger partial charge in [0.2, 0.25) is 0 Å². The van der Waals surface area contributed by atoms with Crippen LogP contribution in [0.4, 0.5) is 0 Å². The predicted molar refractivity (Wildman–Crippen MR) is 167 cm³/mol. The summed E-state index contributed by atoms with van der Waals surface area (Å²) in [7, 11) is 3.06. The maximum Gasteiger partial charge on any atom is 0.338 e. The third kappa shape index (κ3) is 6.20. The average molecular weight is 640 g/mol. The van der Waals surface area contributed by atoms with Crippen molar-refractivity contribution >= 4 is 46.6 Å². The highest BCUT2D eigenvalue weighted by atomic mass is 35.5. The van der Waals surface area contributed by atoms with Crippen LogP contribution in [0, 0.1) is 0 Å². The molecular formula is C32H28Cl2N2O6S. The summed E-state index contributed by atoms with van der Waals surface area (Å²) >= 11 is 13.9. The van der Waals surface area contributed by atoms with Gasteiger partial charge in [-0.1, -0.05) is 58.8 Å². The molecule has 43 heavy (non-hydrogen) atoms. The molecule has 0 spiro atoms. The Labute approximate surface area is 262 Å². The van der Waals surface area contributed by atoms with Crippen molar-refractivity contribution in [2.45, 2.75) is 26.5 Å². The molecule has 0 saturated heterocycles. The number of rotatable bonds is 9. The highest BCUT2D eigenvalue weighted by molar-refractivity contribution is 7.07. The van der Waals surface area contributed by atoms with E-state index in [0.29, 0.717) is 53.5 Å². The molecule has 0 unspecified atom stereocenters. The SMILES string of the molecule is CCOC(=O)C1=C(C)N=c2s/c(=C\c3cc(Cl)ccc3OCc3ccccc3Cl)c(=O)n2[C@H]1c1ccc(OC)c(OC)c1. The molecule has 11 heteroatoms. The zero-order chi connectivity index (χ0) is 30.7. The second-order valence-corrected chi connectivity index (χ2v) is 11.3. The lowest BCUT2D eigenvalue weighted by Crippen LogP contribution is -2.40. The van der Waals surface area contributed by atoms with E-state index in [2.05, 4.69) is 4.99 Å². The molecule has 0 aliphatic carbocycles. The minimum Gasteiger partial charge on any atom is -0.493 e. The smallest absolute Gasteiger partial charge is 0.338 e. The summed E-state index contributed by atoms with van der Waals surface area (Å²) in [6.07, 6.45) is 1.71. The first kappa shape index (κ1) is 30.4. The van der Waals surface area contributed by atoms with E-state index >= 15 is 0 Å². The summed E-state index contributed by atoms with van der Waals surface area (Å²) in [5, 5.41) is 1.07. The zero-order valence-corrected chi connectivity index (χ0v) is 26.2. The maximum atomic E-state index is 14.1. The predicted octanol–water partition coefficient (Wildman–Crippen LogP) is 5.70. The van der Waals surface area contributed by atoms with Crippen LogP contribution in [0.5, 0.6) is 17.2 Å². The summed E-state index contributed by atoms with van der Waals surface area (Å²) in [5.74, 6) is 0.944. The summed E-state index contributed by atoms with van der Waals surface area (Å²) in [4.78, 5) is 32.4. The molecule has 0 saturated carbocycles. The number of halogens is 2. The molecule has 5 rings (SSSR count). The van der Waals surface area contributed by atoms with Crippen LogP contribution in [0.1, 0.15) is 36.6 Å². The van der Waals surface area contributed by atoms with E-state index in [4.69, 9.17) is 42.1 Å². The van der Waals surface area contributed by atoms with Gasteiger partial charge in [0.05, 0.1) is 42.7 Å². The van der Waals surface area contributed by atoms with Crippen LogP contribution in [0.15, 0.2) is 81.7 Å². The molecule has 0 fully saturated rings. The van der Waals surface area contributed by atoms with Gasteiger partial charge >= 0.3 is 5.97 Å². The van der Waals surface area contributed by atoms with Crippen LogP contribution in [-0.4, -0.2) is 31.4 Å². The number of hydrogen-bond acceptors (Lipinski definition) is 8. The standard InChI is InChI=1S/C32H28Cl2N2O6S/c1-5-41-31(38)28-18(2)35-32-36(29(28)19-10-12-25(39-3)26(15-19)40-4)30(37)27(43-32)16-21-14-22(33)11-13-24(21)42-17-20-8-6-7-9-23(20)34/h6-16,29H,5,17H2,1-4H3/b27-16-/t29-/m0/s1. The van der Waals surface area contributed by atoms with E-state index < -0.39 is 12.0 Å². The molecule has 0 N–H and O–H groups in total. The van der Waals surface area contributed by atoms with Crippen molar-refractivity contribution in [3.05, 3.63) is 118 Å². The van der Waals surface area contributed by atoms with Gasteiger partial charge in [-0.25, -0.2) is 9.79 Å². The highest BCUT2D eigenvalue weighted by Crippen LogP contribution is 2.36. The summed E-state index contributed by atoms with van der Waals surface area (Å²) in [6.45, 7) is 3.86. The van der Waals surface area contributed by atoms with Gasteiger partial charge in [-0.3, -0.25) is 9.36 Å². The fourth-order valence-corrected chi connectivity index (χ4v) is 6.21. The molecule has 8 nitrogen and oxygen atoms in total. The summed E-state index contributed by atoms with van der Waals surface area (Å²) in [5.41, 5.74) is 2.44. The van der Waals surface area contributed by atoms with E-state index in [9.17, 15) is 9.59 Å². The molecule has 3 aromatic carbocycles. The third-order valence-corrected chi connectivity index (χ3v) is 8.43. The van der Waals surface area contributed by atoms with Gasteiger partial charge in [0.15, 0.2) is 16.3 Å². The number of nitrogens with zero attached hydrogens (tertiary/aromatic N) is 2. The molecule has 1 aliphatic heterocycles. The summed E-state index contributed by atoms with van der Waals surface area (Å²) in [6, 6.07) is 17.1. The number of carbonyl (C=O) groups excluding carboxylic acids is 1. The fourth-order valence-electron chi connectivity index (χ4n) is 4.81. The van der Waals surface area contributed by atoms with E-state index in [1.165, 1.54) is 30.1 Å². The quantitative estimate of drug-likeness (QED) is 0.219. The van der Waals surface area contributed by atoms with Gasteiger partial charge in [0, 0.05) is 21.2 Å². The molecule has 0 radical (unpaired) electrons. The first-order valence-corrected chi connectivity index (χ1v) is 14.9. The Morgan fingerprint density at radius 3 is 2.49 bits per heavy atom. The van der Waals surface area contributed by atoms with Crippen molar-refractivity contribution in [2.75, 3.05) is 20.8 Å². The number of esters is 1. The molecule has 2 heterocycles. The molecule has 1 atom stereocenters. The Bertz CT molecular complexity index is 1910. The first-order valence-electron chi connectivity index (χ1n) is 13.3. The first-order chi connectivity index (χ1) is 20.7. The van der Waals surface area contributed by atoms with Crippen LogP contribution in [-0.2, 0) is 16.1 Å². The number of allylic oxidation sites excluding steroid dienone is 1. The van der Waals surface area contributed by atoms with Gasteiger partial charge in [0.25, 0.3) is 5.56 Å². The molecule has 1 aromatic heterocycles. The second-order valence-electron chi connectivity index (χ2n) is 9.48. The Kier molecular flexibility index (Phi) is 9.25. The Morgan fingerprint density at radius 1 is 1.02 bits per heavy atom. The normalized spacial score (nSPS) is 14.7. The molecular weight excluding hydrogens is 611 g/mol. The number of hydrogen-bond donors (Lipinski definition) is 0. The Hall–Kier alpha value is -4.05. The van der Waals surface area contributed by atoms with Crippen molar-refractivity contribution in [2.24, 2.45) is 4.99 Å². The lowest BCUT2D eigenvalue weighted by atomic mass is 9.95. The monoisotopic (exact) mass is 638 g/mol. The minimum atomic E-state index is -0.812. The molecule has 0 amide bonds. The second kappa shape index (κ2) is 13.1. The summed E-state index contributed by atoms with van der Waals surface area (Å²) < 4.78 is 24.3. The van der Waals surface area contributed by atoms with Crippen LogP contribution in [0.25, 0.3) is 6.08 Å². The number of benzene rings is 3.